The lowest BCUT2D eigenvalue weighted by molar-refractivity contribution is -0.126. The van der Waals surface area contributed by atoms with Crippen LogP contribution in [0.25, 0.3) is 0 Å². The van der Waals surface area contributed by atoms with E-state index in [1.54, 1.807) is 0 Å². The molecule has 0 saturated heterocycles. The van der Waals surface area contributed by atoms with E-state index in [-0.39, 0.29) is 0 Å². The fourth-order valence-electron chi connectivity index (χ4n) is 2.94. The molecule has 0 spiro atoms. The lowest BCUT2D eigenvalue weighted by Gasteiger charge is -2.64. The summed E-state index contributed by atoms with van der Waals surface area (Å²) in [5.74, 6) is 1.02. The molecule has 13 heavy (non-hydrogen) atoms. The number of rotatable bonds is 2. The van der Waals surface area contributed by atoms with Crippen molar-refractivity contribution in [3.63, 3.8) is 0 Å². The molecule has 3 saturated carbocycles. The van der Waals surface area contributed by atoms with E-state index in [4.69, 9.17) is 5.73 Å². The molecule has 3 fully saturated rings. The molecule has 0 heterocycles. The van der Waals surface area contributed by atoms with Gasteiger partial charge in [-0.05, 0) is 36.2 Å². The van der Waals surface area contributed by atoms with Crippen molar-refractivity contribution in [2.45, 2.75) is 25.3 Å². The summed E-state index contributed by atoms with van der Waals surface area (Å²) in [7, 11) is 0. The molecule has 0 aromatic heterocycles. The van der Waals surface area contributed by atoms with E-state index in [2.05, 4.69) is 30.3 Å². The molecule has 1 atom stereocenters. The minimum absolute atomic E-state index is 0.290. The molecule has 1 unspecified atom stereocenters. The second-order valence-corrected chi connectivity index (χ2v) is 4.73. The van der Waals surface area contributed by atoms with Crippen LogP contribution in [0.4, 0.5) is 0 Å². The largest absolute Gasteiger partial charge is 0.323 e. The van der Waals surface area contributed by atoms with Gasteiger partial charge in [-0.2, -0.15) is 0 Å². The third-order valence-electron chi connectivity index (χ3n) is 3.90. The Kier molecular flexibility index (Phi) is 1.37. The molecule has 2 N–H and O–H groups in total. The summed E-state index contributed by atoms with van der Waals surface area (Å²) in [5, 5.41) is 0. The molecule has 0 amide bonds. The zero-order valence-electron chi connectivity index (χ0n) is 7.74. The quantitative estimate of drug-likeness (QED) is 0.730. The first-order valence-corrected chi connectivity index (χ1v) is 5.11. The fraction of sp³-hybridized carbons (Fsp3) is 0.500. The third-order valence-corrected chi connectivity index (χ3v) is 3.90. The van der Waals surface area contributed by atoms with Crippen LogP contribution in [-0.4, -0.2) is 0 Å². The van der Waals surface area contributed by atoms with Crippen LogP contribution in [0.2, 0.25) is 0 Å². The molecule has 0 aliphatic heterocycles. The molecule has 1 aromatic carbocycles. The standard InChI is InChI=1S/C12H15N/c13-11(10-4-2-1-3-5-10)12-6-9(7-12)8-12/h1-5,9,11H,6-8,13H2. The molecule has 1 heteroatoms. The highest BCUT2D eigenvalue weighted by atomic mass is 14.8. The summed E-state index contributed by atoms with van der Waals surface area (Å²) in [4.78, 5) is 0. The maximum atomic E-state index is 6.27. The van der Waals surface area contributed by atoms with Gasteiger partial charge >= 0.3 is 0 Å². The van der Waals surface area contributed by atoms with Gasteiger partial charge in [-0.25, -0.2) is 0 Å². The van der Waals surface area contributed by atoms with Gasteiger partial charge in [-0.1, -0.05) is 30.3 Å². The highest BCUT2D eigenvalue weighted by Gasteiger charge is 2.59. The minimum Gasteiger partial charge on any atom is -0.323 e. The second-order valence-electron chi connectivity index (χ2n) is 4.73. The average molecular weight is 173 g/mol. The molecule has 1 aromatic rings. The Labute approximate surface area is 78.9 Å². The Bertz CT molecular complexity index is 300. The molecule has 0 radical (unpaired) electrons. The van der Waals surface area contributed by atoms with Gasteiger partial charge in [0.15, 0.2) is 0 Å². The van der Waals surface area contributed by atoms with Crippen molar-refractivity contribution in [2.75, 3.05) is 0 Å². The summed E-state index contributed by atoms with van der Waals surface area (Å²) < 4.78 is 0. The Morgan fingerprint density at radius 1 is 1.15 bits per heavy atom. The highest BCUT2D eigenvalue weighted by Crippen LogP contribution is 2.68. The van der Waals surface area contributed by atoms with Crippen molar-refractivity contribution < 1.29 is 0 Å². The minimum atomic E-state index is 0.290. The number of nitrogens with two attached hydrogens (primary N) is 1. The van der Waals surface area contributed by atoms with Gasteiger partial charge in [0.1, 0.15) is 0 Å². The molecule has 4 rings (SSSR count). The van der Waals surface area contributed by atoms with Crippen LogP contribution in [0.5, 0.6) is 0 Å². The Morgan fingerprint density at radius 2 is 1.77 bits per heavy atom. The highest BCUT2D eigenvalue weighted by molar-refractivity contribution is 5.25. The average Bonchev–Trinajstić information content (AvgIpc) is 2.00. The van der Waals surface area contributed by atoms with Crippen LogP contribution in [0.3, 0.4) is 0 Å². The number of hydrogen-bond acceptors (Lipinski definition) is 1. The van der Waals surface area contributed by atoms with Gasteiger partial charge in [0, 0.05) is 6.04 Å². The lowest BCUT2D eigenvalue weighted by atomic mass is 9.41. The topological polar surface area (TPSA) is 26.0 Å². The van der Waals surface area contributed by atoms with E-state index in [0.29, 0.717) is 11.5 Å². The van der Waals surface area contributed by atoms with E-state index in [0.717, 1.165) is 5.92 Å². The molecule has 3 aliphatic carbocycles. The van der Waals surface area contributed by atoms with Gasteiger partial charge in [0.05, 0.1) is 0 Å². The van der Waals surface area contributed by atoms with Gasteiger partial charge in [-0.3, -0.25) is 0 Å². The SMILES string of the molecule is NC(c1ccccc1)C12CC(C1)C2. The van der Waals surface area contributed by atoms with Crippen molar-refractivity contribution in [3.05, 3.63) is 35.9 Å². The Balaban J connectivity index is 1.85. The van der Waals surface area contributed by atoms with Gasteiger partial charge in [0.2, 0.25) is 0 Å². The predicted molar refractivity (Wildman–Crippen MR) is 53.1 cm³/mol. The summed E-state index contributed by atoms with van der Waals surface area (Å²) in [6, 6.07) is 10.8. The third kappa shape index (κ3) is 0.910. The zero-order chi connectivity index (χ0) is 8.89. The van der Waals surface area contributed by atoms with E-state index < -0.39 is 0 Å². The number of benzene rings is 1. The first-order valence-electron chi connectivity index (χ1n) is 5.11. The first kappa shape index (κ1) is 7.57. The lowest BCUT2D eigenvalue weighted by Crippen LogP contribution is -2.57. The number of hydrogen-bond donors (Lipinski definition) is 1. The van der Waals surface area contributed by atoms with Crippen LogP contribution < -0.4 is 5.73 Å². The first-order chi connectivity index (χ1) is 6.30. The van der Waals surface area contributed by atoms with Crippen LogP contribution in [0, 0.1) is 11.3 Å². The Hall–Kier alpha value is -0.820. The van der Waals surface area contributed by atoms with Crippen molar-refractivity contribution in [3.8, 4) is 0 Å². The predicted octanol–water partition coefficient (Wildman–Crippen LogP) is 2.49. The molecular formula is C12H15N. The maximum Gasteiger partial charge on any atom is 0.0352 e. The van der Waals surface area contributed by atoms with E-state index in [1.165, 1.54) is 24.8 Å². The molecule has 68 valence electrons. The molecule has 3 aliphatic rings. The summed E-state index contributed by atoms with van der Waals surface area (Å²) in [6.07, 6.45) is 4.13. The smallest absolute Gasteiger partial charge is 0.0352 e. The fourth-order valence-corrected chi connectivity index (χ4v) is 2.94. The summed E-state index contributed by atoms with van der Waals surface area (Å²) in [6.45, 7) is 0. The van der Waals surface area contributed by atoms with Crippen molar-refractivity contribution in [1.29, 1.82) is 0 Å². The van der Waals surface area contributed by atoms with Crippen LogP contribution >= 0.6 is 0 Å². The Morgan fingerprint density at radius 3 is 2.23 bits per heavy atom. The summed E-state index contributed by atoms with van der Waals surface area (Å²) in [5.41, 5.74) is 8.10. The maximum absolute atomic E-state index is 6.27. The van der Waals surface area contributed by atoms with E-state index in [1.807, 2.05) is 0 Å². The summed E-state index contributed by atoms with van der Waals surface area (Å²) >= 11 is 0. The van der Waals surface area contributed by atoms with Crippen LogP contribution in [0.15, 0.2) is 30.3 Å². The van der Waals surface area contributed by atoms with Crippen molar-refractivity contribution >= 4 is 0 Å². The second kappa shape index (κ2) is 2.36. The zero-order valence-corrected chi connectivity index (χ0v) is 7.74. The van der Waals surface area contributed by atoms with Crippen LogP contribution in [0.1, 0.15) is 30.9 Å². The van der Waals surface area contributed by atoms with Crippen LogP contribution in [-0.2, 0) is 0 Å². The normalized spacial score (nSPS) is 37.5. The van der Waals surface area contributed by atoms with E-state index >= 15 is 0 Å². The monoisotopic (exact) mass is 173 g/mol. The van der Waals surface area contributed by atoms with Crippen molar-refractivity contribution in [1.82, 2.24) is 0 Å². The van der Waals surface area contributed by atoms with E-state index in [9.17, 15) is 0 Å². The van der Waals surface area contributed by atoms with Gasteiger partial charge in [-0.15, -0.1) is 0 Å². The van der Waals surface area contributed by atoms with Gasteiger partial charge < -0.3 is 5.73 Å². The van der Waals surface area contributed by atoms with Crippen molar-refractivity contribution in [2.24, 2.45) is 17.1 Å². The molecule has 1 nitrogen and oxygen atoms in total. The molecule has 2 bridgehead atoms. The van der Waals surface area contributed by atoms with Gasteiger partial charge in [0.25, 0.3) is 0 Å². The molecular weight excluding hydrogens is 158 g/mol.